The Bertz CT molecular complexity index is 648. The molecule has 0 radical (unpaired) electrons. The lowest BCUT2D eigenvalue weighted by molar-refractivity contribution is -0.136. The van der Waals surface area contributed by atoms with E-state index in [1.807, 2.05) is 0 Å². The smallest absolute Gasteiger partial charge is 0.307 e. The third kappa shape index (κ3) is 3.98. The molecule has 0 spiro atoms. The van der Waals surface area contributed by atoms with Crippen molar-refractivity contribution in [3.63, 3.8) is 0 Å². The molecule has 0 saturated heterocycles. The molecule has 0 bridgehead atoms. The van der Waals surface area contributed by atoms with Crippen LogP contribution in [0.25, 0.3) is 0 Å². The van der Waals surface area contributed by atoms with Gasteiger partial charge < -0.3 is 14.4 Å². The van der Waals surface area contributed by atoms with E-state index in [9.17, 15) is 9.59 Å². The van der Waals surface area contributed by atoms with Crippen LogP contribution < -0.4 is 10.3 Å². The number of carbonyl (C=O) groups is 1. The van der Waals surface area contributed by atoms with Gasteiger partial charge in [-0.25, -0.2) is 0 Å². The first kappa shape index (κ1) is 13.9. The maximum atomic E-state index is 11.5. The van der Waals surface area contributed by atoms with E-state index in [2.05, 4.69) is 0 Å². The maximum Gasteiger partial charge on any atom is 0.307 e. The third-order valence-electron chi connectivity index (χ3n) is 2.75. The average Bonchev–Trinajstić information content (AvgIpc) is 2.41. The van der Waals surface area contributed by atoms with Crippen LogP contribution >= 0.6 is 0 Å². The molecule has 104 valence electrons. The van der Waals surface area contributed by atoms with Crippen molar-refractivity contribution < 1.29 is 14.6 Å². The second kappa shape index (κ2) is 6.56. The van der Waals surface area contributed by atoms with E-state index in [1.54, 1.807) is 47.2 Å². The van der Waals surface area contributed by atoms with Crippen molar-refractivity contribution in [2.75, 3.05) is 6.61 Å². The molecular formula is C15H15NO4. The molecule has 1 N–H and O–H groups in total. The minimum atomic E-state index is -0.877. The standard InChI is InChI=1S/C15H15NO4/c17-14-6-1-2-7-16(14)8-9-20-13-5-3-4-12(10-13)11-15(18)19/h1-7,10H,8-9,11H2,(H,18,19). The highest BCUT2D eigenvalue weighted by molar-refractivity contribution is 5.70. The van der Waals surface area contributed by atoms with Gasteiger partial charge in [-0.3, -0.25) is 9.59 Å². The Morgan fingerprint density at radius 3 is 2.80 bits per heavy atom. The van der Waals surface area contributed by atoms with Crippen LogP contribution in [0.4, 0.5) is 0 Å². The zero-order valence-corrected chi connectivity index (χ0v) is 10.9. The SMILES string of the molecule is O=C(O)Cc1cccc(OCCn2ccccc2=O)c1. The van der Waals surface area contributed by atoms with E-state index < -0.39 is 5.97 Å². The molecule has 0 atom stereocenters. The molecule has 0 fully saturated rings. The van der Waals surface area contributed by atoms with E-state index in [4.69, 9.17) is 9.84 Å². The molecule has 2 aromatic rings. The Labute approximate surface area is 116 Å². The summed E-state index contributed by atoms with van der Waals surface area (Å²) in [5.41, 5.74) is 0.614. The number of pyridine rings is 1. The summed E-state index contributed by atoms with van der Waals surface area (Å²) in [5, 5.41) is 8.73. The normalized spacial score (nSPS) is 10.2. The van der Waals surface area contributed by atoms with Gasteiger partial charge >= 0.3 is 5.97 Å². The van der Waals surface area contributed by atoms with Gasteiger partial charge in [-0.15, -0.1) is 0 Å². The molecule has 5 heteroatoms. The topological polar surface area (TPSA) is 68.5 Å². The van der Waals surface area contributed by atoms with E-state index >= 15 is 0 Å². The Kier molecular flexibility index (Phi) is 4.55. The van der Waals surface area contributed by atoms with Gasteiger partial charge in [-0.1, -0.05) is 18.2 Å². The number of hydrogen-bond acceptors (Lipinski definition) is 3. The van der Waals surface area contributed by atoms with E-state index in [1.165, 1.54) is 6.07 Å². The monoisotopic (exact) mass is 273 g/mol. The van der Waals surface area contributed by atoms with Crippen molar-refractivity contribution in [2.24, 2.45) is 0 Å². The van der Waals surface area contributed by atoms with E-state index in [0.29, 0.717) is 24.5 Å². The maximum absolute atomic E-state index is 11.5. The summed E-state index contributed by atoms with van der Waals surface area (Å²) in [7, 11) is 0. The third-order valence-corrected chi connectivity index (χ3v) is 2.75. The molecule has 0 saturated carbocycles. The van der Waals surface area contributed by atoms with Gasteiger partial charge in [0.2, 0.25) is 0 Å². The van der Waals surface area contributed by atoms with Crippen molar-refractivity contribution in [1.82, 2.24) is 4.57 Å². The quantitative estimate of drug-likeness (QED) is 0.867. The second-order valence-corrected chi connectivity index (χ2v) is 4.30. The Hall–Kier alpha value is -2.56. The van der Waals surface area contributed by atoms with Crippen molar-refractivity contribution >= 4 is 5.97 Å². The van der Waals surface area contributed by atoms with Crippen molar-refractivity contribution in [3.8, 4) is 5.75 Å². The van der Waals surface area contributed by atoms with Gasteiger partial charge in [0, 0.05) is 12.3 Å². The van der Waals surface area contributed by atoms with Crippen LogP contribution in [-0.4, -0.2) is 22.2 Å². The first-order chi connectivity index (χ1) is 9.65. The fourth-order valence-electron chi connectivity index (χ4n) is 1.83. The Morgan fingerprint density at radius 2 is 2.05 bits per heavy atom. The highest BCUT2D eigenvalue weighted by Gasteiger charge is 2.02. The van der Waals surface area contributed by atoms with Crippen LogP contribution in [0, 0.1) is 0 Å². The molecule has 0 aliphatic rings. The van der Waals surface area contributed by atoms with Crippen molar-refractivity contribution in [1.29, 1.82) is 0 Å². The van der Waals surface area contributed by atoms with Crippen molar-refractivity contribution in [3.05, 3.63) is 64.6 Å². The lowest BCUT2D eigenvalue weighted by Crippen LogP contribution is -2.21. The predicted molar refractivity (Wildman–Crippen MR) is 74.0 cm³/mol. The molecule has 0 aliphatic carbocycles. The molecule has 5 nitrogen and oxygen atoms in total. The lowest BCUT2D eigenvalue weighted by atomic mass is 10.1. The van der Waals surface area contributed by atoms with Gasteiger partial charge in [0.25, 0.3) is 5.56 Å². The number of nitrogens with zero attached hydrogens (tertiary/aromatic N) is 1. The predicted octanol–water partition coefficient (Wildman–Crippen LogP) is 1.55. The van der Waals surface area contributed by atoms with Gasteiger partial charge in [0.1, 0.15) is 12.4 Å². The van der Waals surface area contributed by atoms with Crippen LogP contribution in [0.3, 0.4) is 0 Å². The first-order valence-corrected chi connectivity index (χ1v) is 6.24. The summed E-state index contributed by atoms with van der Waals surface area (Å²) < 4.78 is 7.09. The van der Waals surface area contributed by atoms with Crippen LogP contribution in [0.2, 0.25) is 0 Å². The van der Waals surface area contributed by atoms with Crippen LogP contribution in [0.15, 0.2) is 53.5 Å². The van der Waals surface area contributed by atoms with Crippen LogP contribution in [0.1, 0.15) is 5.56 Å². The number of benzene rings is 1. The number of carboxylic acids is 1. The second-order valence-electron chi connectivity index (χ2n) is 4.30. The van der Waals surface area contributed by atoms with Gasteiger partial charge in [-0.05, 0) is 23.8 Å². The van der Waals surface area contributed by atoms with E-state index in [0.717, 1.165) is 0 Å². The lowest BCUT2D eigenvalue weighted by Gasteiger charge is -2.08. The van der Waals surface area contributed by atoms with Gasteiger partial charge in [-0.2, -0.15) is 0 Å². The molecule has 20 heavy (non-hydrogen) atoms. The minimum Gasteiger partial charge on any atom is -0.492 e. The molecular weight excluding hydrogens is 258 g/mol. The van der Waals surface area contributed by atoms with Gasteiger partial charge in [0.15, 0.2) is 0 Å². The molecule has 1 aromatic carbocycles. The number of rotatable bonds is 6. The largest absolute Gasteiger partial charge is 0.492 e. The summed E-state index contributed by atoms with van der Waals surface area (Å²) in [6, 6.07) is 11.9. The highest BCUT2D eigenvalue weighted by Crippen LogP contribution is 2.13. The summed E-state index contributed by atoms with van der Waals surface area (Å²) in [5.74, 6) is -0.272. The first-order valence-electron chi connectivity index (χ1n) is 6.24. The Morgan fingerprint density at radius 1 is 1.20 bits per heavy atom. The summed E-state index contributed by atoms with van der Waals surface area (Å²) in [4.78, 5) is 22.1. The number of ether oxygens (including phenoxy) is 1. The molecule has 1 aromatic heterocycles. The zero-order valence-electron chi connectivity index (χ0n) is 10.9. The fourth-order valence-corrected chi connectivity index (χ4v) is 1.83. The Balaban J connectivity index is 1.93. The summed E-state index contributed by atoms with van der Waals surface area (Å²) >= 11 is 0. The highest BCUT2D eigenvalue weighted by atomic mass is 16.5. The minimum absolute atomic E-state index is 0.0324. The van der Waals surface area contributed by atoms with Crippen LogP contribution in [0.5, 0.6) is 5.75 Å². The van der Waals surface area contributed by atoms with Gasteiger partial charge in [0.05, 0.1) is 13.0 Å². The number of hydrogen-bond donors (Lipinski definition) is 1. The number of aromatic nitrogens is 1. The number of aliphatic carboxylic acids is 1. The molecule has 0 amide bonds. The zero-order chi connectivity index (χ0) is 14.4. The summed E-state index contributed by atoms with van der Waals surface area (Å²) in [6.45, 7) is 0.795. The fraction of sp³-hybridized carbons (Fsp3) is 0.200. The average molecular weight is 273 g/mol. The number of carboxylic acid groups (broad SMARTS) is 1. The summed E-state index contributed by atoms with van der Waals surface area (Å²) in [6.07, 6.45) is 1.67. The molecule has 1 heterocycles. The molecule has 2 rings (SSSR count). The molecule has 0 aliphatic heterocycles. The van der Waals surface area contributed by atoms with Crippen molar-refractivity contribution in [2.45, 2.75) is 13.0 Å². The van der Waals surface area contributed by atoms with Crippen LogP contribution in [-0.2, 0) is 17.8 Å². The van der Waals surface area contributed by atoms with E-state index in [-0.39, 0.29) is 12.0 Å². The molecule has 0 unspecified atom stereocenters.